The second-order valence-electron chi connectivity index (χ2n) is 3.82. The molecule has 3 nitrogen and oxygen atoms in total. The average molecular weight is 279 g/mol. The summed E-state index contributed by atoms with van der Waals surface area (Å²) < 4.78 is 55.4. The van der Waals surface area contributed by atoms with Crippen LogP contribution in [0.4, 0.5) is 23.2 Å². The van der Waals surface area contributed by atoms with Crippen LogP contribution in [0.1, 0.15) is 18.9 Å². The fourth-order valence-corrected chi connectivity index (χ4v) is 1.47. The van der Waals surface area contributed by atoms with Gasteiger partial charge in [0.2, 0.25) is 0 Å². The second kappa shape index (κ2) is 5.90. The number of halogens is 4. The highest BCUT2D eigenvalue weighted by Gasteiger charge is 2.31. The fourth-order valence-electron chi connectivity index (χ4n) is 1.47. The number of ether oxygens (including phenoxy) is 1. The topological polar surface area (TPSA) is 38.3 Å². The van der Waals surface area contributed by atoms with Gasteiger partial charge >= 0.3 is 12.1 Å². The zero-order chi connectivity index (χ0) is 14.6. The van der Waals surface area contributed by atoms with Crippen molar-refractivity contribution in [3.8, 4) is 0 Å². The van der Waals surface area contributed by atoms with Gasteiger partial charge in [0.15, 0.2) is 0 Å². The minimum atomic E-state index is -4.57. The lowest BCUT2D eigenvalue weighted by atomic mass is 10.1. The number of carbonyl (C=O) groups is 1. The van der Waals surface area contributed by atoms with Crippen molar-refractivity contribution in [3.05, 3.63) is 29.6 Å². The number of hydrogen-bond acceptors (Lipinski definition) is 3. The Morgan fingerprint density at radius 1 is 1.42 bits per heavy atom. The third-order valence-corrected chi connectivity index (χ3v) is 2.52. The summed E-state index contributed by atoms with van der Waals surface area (Å²) in [6.07, 6.45) is -4.32. The van der Waals surface area contributed by atoms with E-state index in [-0.39, 0.29) is 12.1 Å². The summed E-state index contributed by atoms with van der Waals surface area (Å²) in [4.78, 5) is 11.3. The number of methoxy groups -OCH3 is 1. The second-order valence-corrected chi connectivity index (χ2v) is 3.82. The van der Waals surface area contributed by atoms with Crippen LogP contribution in [0.25, 0.3) is 0 Å². The van der Waals surface area contributed by atoms with E-state index in [2.05, 4.69) is 10.1 Å². The van der Waals surface area contributed by atoms with Gasteiger partial charge in [-0.25, -0.2) is 9.18 Å². The van der Waals surface area contributed by atoms with Gasteiger partial charge < -0.3 is 10.1 Å². The quantitative estimate of drug-likeness (QED) is 0.679. The minimum absolute atomic E-state index is 0.252. The molecule has 1 N–H and O–H groups in total. The van der Waals surface area contributed by atoms with E-state index in [9.17, 15) is 22.4 Å². The van der Waals surface area contributed by atoms with Crippen molar-refractivity contribution >= 4 is 11.7 Å². The summed E-state index contributed by atoms with van der Waals surface area (Å²) in [6.45, 7) is 1.63. The third-order valence-electron chi connectivity index (χ3n) is 2.52. The summed E-state index contributed by atoms with van der Waals surface area (Å²) in [5, 5.41) is 2.41. The van der Waals surface area contributed by atoms with Crippen LogP contribution in [-0.2, 0) is 15.7 Å². The lowest BCUT2D eigenvalue weighted by molar-refractivity contribution is -0.141. The lowest BCUT2D eigenvalue weighted by Crippen LogP contribution is -2.30. The number of nitrogens with one attached hydrogen (secondary N) is 1. The number of alkyl halides is 3. The van der Waals surface area contributed by atoms with Crippen molar-refractivity contribution in [1.82, 2.24) is 0 Å². The van der Waals surface area contributed by atoms with Crippen LogP contribution in [0.3, 0.4) is 0 Å². The maximum absolute atomic E-state index is 13.4. The highest BCUT2D eigenvalue weighted by atomic mass is 19.4. The largest absolute Gasteiger partial charge is 0.467 e. The molecule has 19 heavy (non-hydrogen) atoms. The number of hydrogen-bond donors (Lipinski definition) is 1. The zero-order valence-corrected chi connectivity index (χ0v) is 10.3. The predicted molar refractivity (Wildman–Crippen MR) is 61.1 cm³/mol. The highest BCUT2D eigenvalue weighted by molar-refractivity contribution is 5.79. The molecule has 7 heteroatoms. The molecular formula is C12H13F4NO2. The number of benzene rings is 1. The van der Waals surface area contributed by atoms with Gasteiger partial charge in [-0.2, -0.15) is 13.2 Å². The van der Waals surface area contributed by atoms with E-state index in [1.807, 2.05) is 0 Å². The molecule has 0 aliphatic rings. The van der Waals surface area contributed by atoms with Gasteiger partial charge in [-0.1, -0.05) is 6.92 Å². The Morgan fingerprint density at radius 2 is 2.05 bits per heavy atom. The summed E-state index contributed by atoms with van der Waals surface area (Å²) in [6, 6.07) is 1.07. The predicted octanol–water partition coefficient (Wildman–Crippen LogP) is 3.21. The molecular weight excluding hydrogens is 266 g/mol. The van der Waals surface area contributed by atoms with Crippen LogP contribution in [0.2, 0.25) is 0 Å². The average Bonchev–Trinajstić information content (AvgIpc) is 2.35. The molecule has 0 heterocycles. The van der Waals surface area contributed by atoms with E-state index in [0.717, 1.165) is 7.11 Å². The van der Waals surface area contributed by atoms with E-state index in [1.165, 1.54) is 0 Å². The van der Waals surface area contributed by atoms with Gasteiger partial charge in [0.1, 0.15) is 11.9 Å². The molecule has 0 aliphatic heterocycles. The van der Waals surface area contributed by atoms with Gasteiger partial charge in [-0.05, 0) is 24.6 Å². The molecule has 1 atom stereocenters. The summed E-state index contributed by atoms with van der Waals surface area (Å²) >= 11 is 0. The first kappa shape index (κ1) is 15.3. The first-order chi connectivity index (χ1) is 8.79. The zero-order valence-electron chi connectivity index (χ0n) is 10.3. The van der Waals surface area contributed by atoms with Crippen LogP contribution < -0.4 is 5.32 Å². The molecule has 0 spiro atoms. The Bertz CT molecular complexity index is 460. The molecule has 0 aromatic heterocycles. The molecule has 0 amide bonds. The Kier molecular flexibility index (Phi) is 4.74. The van der Waals surface area contributed by atoms with E-state index in [0.29, 0.717) is 18.2 Å². The maximum Gasteiger partial charge on any atom is 0.416 e. The van der Waals surface area contributed by atoms with Crippen molar-refractivity contribution in [3.63, 3.8) is 0 Å². The van der Waals surface area contributed by atoms with Crippen molar-refractivity contribution in [2.24, 2.45) is 0 Å². The lowest BCUT2D eigenvalue weighted by Gasteiger charge is -2.17. The van der Waals surface area contributed by atoms with Crippen LogP contribution >= 0.6 is 0 Å². The Labute approximate surface area is 107 Å². The monoisotopic (exact) mass is 279 g/mol. The number of anilines is 1. The van der Waals surface area contributed by atoms with Crippen LogP contribution in [0.15, 0.2) is 18.2 Å². The normalized spacial score (nSPS) is 12.9. The third kappa shape index (κ3) is 3.84. The molecule has 0 saturated carbocycles. The van der Waals surface area contributed by atoms with Gasteiger partial charge in [0, 0.05) is 0 Å². The molecule has 106 valence electrons. The van der Waals surface area contributed by atoms with Crippen LogP contribution in [-0.4, -0.2) is 19.1 Å². The Morgan fingerprint density at radius 3 is 2.53 bits per heavy atom. The molecule has 0 fully saturated rings. The molecule has 1 rings (SSSR count). The van der Waals surface area contributed by atoms with Gasteiger partial charge in [-0.3, -0.25) is 0 Å². The number of carbonyl (C=O) groups excluding carboxylic acids is 1. The Hall–Kier alpha value is -1.79. The van der Waals surface area contributed by atoms with Crippen molar-refractivity contribution in [1.29, 1.82) is 0 Å². The number of rotatable bonds is 4. The van der Waals surface area contributed by atoms with Gasteiger partial charge in [0.25, 0.3) is 0 Å². The molecule has 0 bridgehead atoms. The Balaban J connectivity index is 3.03. The number of esters is 1. The molecule has 1 aromatic rings. The van der Waals surface area contributed by atoms with E-state index < -0.39 is 29.6 Å². The SMILES string of the molecule is CCC(Nc1cc(C(F)(F)F)ccc1F)C(=O)OC. The standard InChI is InChI=1S/C12H13F4NO2/c1-3-9(11(18)19-2)17-10-6-7(12(14,15)16)4-5-8(10)13/h4-6,9,17H,3H2,1-2H3. The van der Waals surface area contributed by atoms with E-state index in [1.54, 1.807) is 6.92 Å². The van der Waals surface area contributed by atoms with Gasteiger partial charge in [0.05, 0.1) is 18.4 Å². The molecule has 1 unspecified atom stereocenters. The summed E-state index contributed by atoms with van der Waals surface area (Å²) in [5.74, 6) is -1.53. The van der Waals surface area contributed by atoms with Crippen molar-refractivity contribution < 1.29 is 27.1 Å². The first-order valence-electron chi connectivity index (χ1n) is 5.50. The van der Waals surface area contributed by atoms with Crippen molar-refractivity contribution in [2.75, 3.05) is 12.4 Å². The van der Waals surface area contributed by atoms with Gasteiger partial charge in [-0.15, -0.1) is 0 Å². The highest BCUT2D eigenvalue weighted by Crippen LogP contribution is 2.32. The van der Waals surface area contributed by atoms with Crippen LogP contribution in [0.5, 0.6) is 0 Å². The summed E-state index contributed by atoms with van der Waals surface area (Å²) in [5.41, 5.74) is -1.37. The first-order valence-corrected chi connectivity index (χ1v) is 5.50. The molecule has 1 aromatic carbocycles. The van der Waals surface area contributed by atoms with E-state index >= 15 is 0 Å². The molecule has 0 saturated heterocycles. The maximum atomic E-state index is 13.4. The fraction of sp³-hybridized carbons (Fsp3) is 0.417. The minimum Gasteiger partial charge on any atom is -0.467 e. The van der Waals surface area contributed by atoms with Crippen LogP contribution in [0, 0.1) is 5.82 Å². The smallest absolute Gasteiger partial charge is 0.416 e. The van der Waals surface area contributed by atoms with E-state index in [4.69, 9.17) is 0 Å². The summed E-state index contributed by atoms with van der Waals surface area (Å²) in [7, 11) is 1.15. The molecule has 0 aliphatic carbocycles. The van der Waals surface area contributed by atoms with Crippen molar-refractivity contribution in [2.45, 2.75) is 25.6 Å². The molecule has 0 radical (unpaired) electrons.